The fourth-order valence-electron chi connectivity index (χ4n) is 3.02. The van der Waals surface area contributed by atoms with Gasteiger partial charge >= 0.3 is 0 Å². The van der Waals surface area contributed by atoms with Crippen molar-refractivity contribution in [3.05, 3.63) is 57.7 Å². The van der Waals surface area contributed by atoms with Gasteiger partial charge in [-0.3, -0.25) is 0 Å². The van der Waals surface area contributed by atoms with Crippen LogP contribution in [0.5, 0.6) is 0 Å². The van der Waals surface area contributed by atoms with Gasteiger partial charge in [0.2, 0.25) is 0 Å². The molecule has 7 heteroatoms. The van der Waals surface area contributed by atoms with Crippen molar-refractivity contribution >= 4 is 35.0 Å². The van der Waals surface area contributed by atoms with Gasteiger partial charge in [0.15, 0.2) is 5.96 Å². The molecule has 3 rings (SSSR count). The maximum Gasteiger partial charge on any atom is 0.189 e. The molecule has 2 heterocycles. The van der Waals surface area contributed by atoms with E-state index in [4.69, 9.17) is 28.9 Å². The summed E-state index contributed by atoms with van der Waals surface area (Å²) in [5, 5.41) is 4.37. The highest BCUT2D eigenvalue weighted by molar-refractivity contribution is 6.35. The lowest BCUT2D eigenvalue weighted by atomic mass is 10.1. The van der Waals surface area contributed by atoms with Gasteiger partial charge in [-0.2, -0.15) is 0 Å². The topological polar surface area (TPSA) is 66.5 Å². The zero-order valence-corrected chi connectivity index (χ0v) is 16.3. The quantitative estimate of drug-likeness (QED) is 0.593. The van der Waals surface area contributed by atoms with Gasteiger partial charge in [0, 0.05) is 29.3 Å². The summed E-state index contributed by atoms with van der Waals surface area (Å²) in [5.74, 6) is 1.40. The fourth-order valence-corrected chi connectivity index (χ4v) is 3.59. The molecule has 1 aliphatic heterocycles. The number of aliphatic imine (C=N–C) groups is 1. The standard InChI is InChI=1S/C19H23Cl2N5/c1-13(16-6-5-15(20)10-17(16)21)25-19(22)24-12-14-4-7-18(23-11-14)26-8-2-3-9-26/h4-7,10-11,13H,2-3,8-9,12H2,1H3,(H3,22,24,25). The van der Waals surface area contributed by atoms with E-state index in [0.29, 0.717) is 22.5 Å². The number of aromatic nitrogens is 1. The van der Waals surface area contributed by atoms with Gasteiger partial charge in [0.1, 0.15) is 5.82 Å². The highest BCUT2D eigenvalue weighted by Crippen LogP contribution is 2.26. The van der Waals surface area contributed by atoms with E-state index in [1.165, 1.54) is 12.8 Å². The van der Waals surface area contributed by atoms with Crippen LogP contribution in [0.4, 0.5) is 5.82 Å². The molecule has 1 aromatic carbocycles. The predicted octanol–water partition coefficient (Wildman–Crippen LogP) is 4.15. The van der Waals surface area contributed by atoms with Gasteiger partial charge in [-0.1, -0.05) is 35.3 Å². The van der Waals surface area contributed by atoms with Crippen molar-refractivity contribution in [2.45, 2.75) is 32.4 Å². The van der Waals surface area contributed by atoms with Crippen LogP contribution in [0.1, 0.15) is 36.9 Å². The van der Waals surface area contributed by atoms with Crippen LogP contribution in [-0.2, 0) is 6.54 Å². The molecule has 1 unspecified atom stereocenters. The van der Waals surface area contributed by atoms with E-state index in [9.17, 15) is 0 Å². The van der Waals surface area contributed by atoms with Crippen molar-refractivity contribution in [2.75, 3.05) is 18.0 Å². The largest absolute Gasteiger partial charge is 0.370 e. The number of nitrogens with two attached hydrogens (primary N) is 1. The predicted molar refractivity (Wildman–Crippen MR) is 109 cm³/mol. The molecular formula is C19H23Cl2N5. The van der Waals surface area contributed by atoms with E-state index in [2.05, 4.69) is 32.3 Å². The second-order valence-corrected chi connectivity index (χ2v) is 7.30. The second kappa shape index (κ2) is 8.60. The first kappa shape index (κ1) is 18.8. The average Bonchev–Trinajstić information content (AvgIpc) is 3.15. The van der Waals surface area contributed by atoms with Crippen LogP contribution in [0.15, 0.2) is 41.5 Å². The lowest BCUT2D eigenvalue weighted by molar-refractivity contribution is 0.708. The van der Waals surface area contributed by atoms with Crippen molar-refractivity contribution < 1.29 is 0 Å². The van der Waals surface area contributed by atoms with Crippen LogP contribution < -0.4 is 16.0 Å². The number of nitrogens with one attached hydrogen (secondary N) is 1. The second-order valence-electron chi connectivity index (χ2n) is 6.45. The maximum absolute atomic E-state index is 6.23. The minimum absolute atomic E-state index is 0.0702. The summed E-state index contributed by atoms with van der Waals surface area (Å²) >= 11 is 12.2. The molecule has 3 N–H and O–H groups in total. The number of rotatable bonds is 5. The number of hydrogen-bond acceptors (Lipinski definition) is 3. The molecule has 0 bridgehead atoms. The van der Waals surface area contributed by atoms with Crippen molar-refractivity contribution in [1.82, 2.24) is 10.3 Å². The lowest BCUT2D eigenvalue weighted by Gasteiger charge is -2.17. The maximum atomic E-state index is 6.23. The van der Waals surface area contributed by atoms with E-state index in [1.807, 2.05) is 25.3 Å². The zero-order chi connectivity index (χ0) is 18.5. The van der Waals surface area contributed by atoms with Crippen molar-refractivity contribution in [3.63, 3.8) is 0 Å². The monoisotopic (exact) mass is 391 g/mol. The Bertz CT molecular complexity index is 770. The molecular weight excluding hydrogens is 369 g/mol. The van der Waals surface area contributed by atoms with Gasteiger partial charge in [0.25, 0.3) is 0 Å². The normalized spacial score (nSPS) is 16.0. The van der Waals surface area contributed by atoms with Crippen molar-refractivity contribution in [1.29, 1.82) is 0 Å². The van der Waals surface area contributed by atoms with Crippen LogP contribution in [0, 0.1) is 0 Å². The molecule has 1 saturated heterocycles. The van der Waals surface area contributed by atoms with Crippen LogP contribution in [0.2, 0.25) is 10.0 Å². The van der Waals surface area contributed by atoms with E-state index in [-0.39, 0.29) is 6.04 Å². The van der Waals surface area contributed by atoms with Crippen molar-refractivity contribution in [3.8, 4) is 0 Å². The Morgan fingerprint density at radius 1 is 1.27 bits per heavy atom. The van der Waals surface area contributed by atoms with Gasteiger partial charge in [-0.05, 0) is 49.1 Å². The Morgan fingerprint density at radius 2 is 2.04 bits per heavy atom. The Balaban J connectivity index is 1.57. The molecule has 1 aromatic heterocycles. The Morgan fingerprint density at radius 3 is 2.69 bits per heavy atom. The van der Waals surface area contributed by atoms with E-state index < -0.39 is 0 Å². The van der Waals surface area contributed by atoms with Gasteiger partial charge < -0.3 is 16.0 Å². The first-order valence-electron chi connectivity index (χ1n) is 8.74. The zero-order valence-electron chi connectivity index (χ0n) is 14.8. The third-order valence-corrected chi connectivity index (χ3v) is 5.03. The Kier molecular flexibility index (Phi) is 6.22. The van der Waals surface area contributed by atoms with Crippen LogP contribution in [0.3, 0.4) is 0 Å². The van der Waals surface area contributed by atoms with Gasteiger partial charge in [-0.25, -0.2) is 9.98 Å². The Labute approximate surface area is 164 Å². The van der Waals surface area contributed by atoms with Crippen LogP contribution in [0.25, 0.3) is 0 Å². The molecule has 1 atom stereocenters. The number of benzene rings is 1. The van der Waals surface area contributed by atoms with Gasteiger partial charge in [0.05, 0.1) is 12.6 Å². The minimum Gasteiger partial charge on any atom is -0.370 e. The summed E-state index contributed by atoms with van der Waals surface area (Å²) < 4.78 is 0. The smallest absolute Gasteiger partial charge is 0.189 e. The fraction of sp³-hybridized carbons (Fsp3) is 0.368. The summed E-state index contributed by atoms with van der Waals surface area (Å²) in [5.41, 5.74) is 7.96. The molecule has 26 heavy (non-hydrogen) atoms. The lowest BCUT2D eigenvalue weighted by Crippen LogP contribution is -2.34. The molecule has 0 aliphatic carbocycles. The summed E-state index contributed by atoms with van der Waals surface area (Å²) in [6.07, 6.45) is 4.35. The molecule has 2 aromatic rings. The number of pyridine rings is 1. The summed E-state index contributed by atoms with van der Waals surface area (Å²) in [6, 6.07) is 9.45. The van der Waals surface area contributed by atoms with E-state index >= 15 is 0 Å². The molecule has 1 aliphatic rings. The Hall–Kier alpha value is -1.98. The number of halogens is 2. The summed E-state index contributed by atoms with van der Waals surface area (Å²) in [6.45, 7) is 4.64. The SMILES string of the molecule is CC(NC(N)=NCc1ccc(N2CCCC2)nc1)c1ccc(Cl)cc1Cl. The summed E-state index contributed by atoms with van der Waals surface area (Å²) in [7, 11) is 0. The third-order valence-electron chi connectivity index (χ3n) is 4.46. The van der Waals surface area contributed by atoms with E-state index in [1.54, 1.807) is 6.07 Å². The molecule has 1 fully saturated rings. The highest BCUT2D eigenvalue weighted by Gasteiger charge is 2.13. The number of hydrogen-bond donors (Lipinski definition) is 2. The number of anilines is 1. The van der Waals surface area contributed by atoms with E-state index in [0.717, 1.165) is 30.0 Å². The minimum atomic E-state index is -0.0702. The molecule has 0 amide bonds. The molecule has 5 nitrogen and oxygen atoms in total. The molecule has 0 spiro atoms. The molecule has 0 saturated carbocycles. The van der Waals surface area contributed by atoms with Gasteiger partial charge in [-0.15, -0.1) is 0 Å². The van der Waals surface area contributed by atoms with Crippen LogP contribution in [-0.4, -0.2) is 24.0 Å². The summed E-state index contributed by atoms with van der Waals surface area (Å²) in [4.78, 5) is 11.2. The molecule has 0 radical (unpaired) electrons. The first-order chi connectivity index (χ1) is 12.5. The van der Waals surface area contributed by atoms with Crippen LogP contribution >= 0.6 is 23.2 Å². The third kappa shape index (κ3) is 4.80. The average molecular weight is 392 g/mol. The number of nitrogens with zero attached hydrogens (tertiary/aromatic N) is 3. The molecule has 138 valence electrons. The first-order valence-corrected chi connectivity index (χ1v) is 9.50. The number of guanidine groups is 1. The highest BCUT2D eigenvalue weighted by atomic mass is 35.5. The van der Waals surface area contributed by atoms with Crippen molar-refractivity contribution in [2.24, 2.45) is 10.7 Å².